The monoisotopic (exact) mass is 329 g/mol. The van der Waals surface area contributed by atoms with Crippen molar-refractivity contribution in [3.05, 3.63) is 77.9 Å². The number of hydrogen-bond acceptors (Lipinski definition) is 4. The van der Waals surface area contributed by atoms with Gasteiger partial charge in [0.25, 0.3) is 0 Å². The van der Waals surface area contributed by atoms with Crippen LogP contribution in [-0.4, -0.2) is 19.7 Å². The zero-order valence-electron chi connectivity index (χ0n) is 14.3. The Bertz CT molecular complexity index is 1030. The van der Waals surface area contributed by atoms with E-state index in [1.165, 1.54) is 5.56 Å². The summed E-state index contributed by atoms with van der Waals surface area (Å²) in [6.45, 7) is 4.84. The van der Waals surface area contributed by atoms with E-state index < -0.39 is 0 Å². The van der Waals surface area contributed by atoms with Gasteiger partial charge in [0.2, 0.25) is 0 Å². The minimum atomic E-state index is 0.750. The number of para-hydroxylation sites is 1. The van der Waals surface area contributed by atoms with Crippen molar-refractivity contribution in [2.24, 2.45) is 0 Å². The van der Waals surface area contributed by atoms with Crippen molar-refractivity contribution < 1.29 is 0 Å². The quantitative estimate of drug-likeness (QED) is 0.608. The molecule has 0 aliphatic heterocycles. The number of rotatable bonds is 4. The molecule has 4 rings (SSSR count). The average Bonchev–Trinajstić information content (AvgIpc) is 2.93. The summed E-state index contributed by atoms with van der Waals surface area (Å²) >= 11 is 0. The number of nitrogens with zero attached hydrogens (tertiary/aromatic N) is 4. The summed E-state index contributed by atoms with van der Waals surface area (Å²) in [7, 11) is 0. The van der Waals surface area contributed by atoms with Crippen molar-refractivity contribution in [3.63, 3.8) is 0 Å². The van der Waals surface area contributed by atoms with Gasteiger partial charge in [0, 0.05) is 16.8 Å². The van der Waals surface area contributed by atoms with Crippen LogP contribution in [0.2, 0.25) is 0 Å². The Balaban J connectivity index is 1.62. The van der Waals surface area contributed by atoms with Crippen LogP contribution < -0.4 is 5.32 Å². The lowest BCUT2D eigenvalue weighted by molar-refractivity contribution is 0.659. The normalized spacial score (nSPS) is 11.0. The number of hydrogen-bond donors (Lipinski definition) is 1. The second kappa shape index (κ2) is 6.36. The molecule has 0 saturated heterocycles. The molecule has 0 aliphatic carbocycles. The molecule has 1 N–H and O–H groups in total. The predicted octanol–water partition coefficient (Wildman–Crippen LogP) is 4.24. The summed E-state index contributed by atoms with van der Waals surface area (Å²) in [6.07, 6.45) is 1.59. The first kappa shape index (κ1) is 15.3. The summed E-state index contributed by atoms with van der Waals surface area (Å²) in [6, 6.07) is 18.4. The predicted molar refractivity (Wildman–Crippen MR) is 100 cm³/mol. The van der Waals surface area contributed by atoms with Crippen LogP contribution in [0.1, 0.15) is 17.0 Å². The van der Waals surface area contributed by atoms with Crippen molar-refractivity contribution in [2.75, 3.05) is 5.32 Å². The summed E-state index contributed by atoms with van der Waals surface area (Å²) in [5.74, 6) is 0.814. The molecule has 2 aromatic carbocycles. The second-order valence-corrected chi connectivity index (χ2v) is 6.15. The number of fused-ring (bicyclic) bond motifs is 1. The van der Waals surface area contributed by atoms with Gasteiger partial charge in [0.1, 0.15) is 12.1 Å². The van der Waals surface area contributed by atoms with Gasteiger partial charge in [0.05, 0.1) is 17.8 Å². The molecule has 0 unspecified atom stereocenters. The maximum atomic E-state index is 4.54. The maximum absolute atomic E-state index is 4.54. The Hall–Kier alpha value is -3.21. The molecule has 2 heterocycles. The molecule has 0 radical (unpaired) electrons. The molecule has 0 spiro atoms. The second-order valence-electron chi connectivity index (χ2n) is 6.15. The zero-order chi connectivity index (χ0) is 17.2. The maximum Gasteiger partial charge on any atom is 0.141 e. The van der Waals surface area contributed by atoms with Crippen molar-refractivity contribution >= 4 is 22.4 Å². The van der Waals surface area contributed by atoms with E-state index in [0.717, 1.165) is 40.3 Å². The minimum absolute atomic E-state index is 0.750. The van der Waals surface area contributed by atoms with Gasteiger partial charge in [-0.25, -0.2) is 9.97 Å². The fourth-order valence-electron chi connectivity index (χ4n) is 3.00. The average molecular weight is 329 g/mol. The van der Waals surface area contributed by atoms with Gasteiger partial charge in [0.15, 0.2) is 0 Å². The summed E-state index contributed by atoms with van der Waals surface area (Å²) in [4.78, 5) is 8.70. The summed E-state index contributed by atoms with van der Waals surface area (Å²) in [5, 5.41) is 8.96. The highest BCUT2D eigenvalue weighted by Crippen LogP contribution is 2.23. The van der Waals surface area contributed by atoms with E-state index in [-0.39, 0.29) is 0 Å². The van der Waals surface area contributed by atoms with Crippen LogP contribution in [0.25, 0.3) is 10.9 Å². The number of anilines is 2. The minimum Gasteiger partial charge on any atom is -0.340 e. The van der Waals surface area contributed by atoms with Gasteiger partial charge >= 0.3 is 0 Å². The van der Waals surface area contributed by atoms with E-state index in [9.17, 15) is 0 Å². The third-order valence-electron chi connectivity index (χ3n) is 4.17. The van der Waals surface area contributed by atoms with E-state index in [0.29, 0.717) is 0 Å². The molecule has 0 saturated carbocycles. The number of nitrogens with one attached hydrogen (secondary N) is 1. The third kappa shape index (κ3) is 3.21. The molecular weight excluding hydrogens is 310 g/mol. The molecule has 25 heavy (non-hydrogen) atoms. The molecule has 0 bridgehead atoms. The lowest BCUT2D eigenvalue weighted by Crippen LogP contribution is -2.04. The Labute approximate surface area is 146 Å². The van der Waals surface area contributed by atoms with Gasteiger partial charge in [-0.15, -0.1) is 0 Å². The highest BCUT2D eigenvalue weighted by molar-refractivity contribution is 5.90. The summed E-state index contributed by atoms with van der Waals surface area (Å²) in [5.41, 5.74) is 5.33. The Morgan fingerprint density at radius 1 is 0.960 bits per heavy atom. The molecule has 2 aromatic heterocycles. The van der Waals surface area contributed by atoms with E-state index in [4.69, 9.17) is 0 Å². The van der Waals surface area contributed by atoms with E-state index in [2.05, 4.69) is 45.5 Å². The zero-order valence-corrected chi connectivity index (χ0v) is 14.3. The van der Waals surface area contributed by atoms with Crippen molar-refractivity contribution in [2.45, 2.75) is 20.4 Å². The smallest absolute Gasteiger partial charge is 0.141 e. The SMILES string of the molecule is Cc1cc(C)n(Cc2cccc(Nc3ncnc4ccccc34)c2)n1. The lowest BCUT2D eigenvalue weighted by atomic mass is 10.2. The van der Waals surface area contributed by atoms with Gasteiger partial charge in [-0.3, -0.25) is 4.68 Å². The van der Waals surface area contributed by atoms with Crippen molar-refractivity contribution in [1.82, 2.24) is 19.7 Å². The van der Waals surface area contributed by atoms with Crippen LogP contribution >= 0.6 is 0 Å². The number of aryl methyl sites for hydroxylation is 2. The van der Waals surface area contributed by atoms with Gasteiger partial charge in [-0.2, -0.15) is 5.10 Å². The highest BCUT2D eigenvalue weighted by atomic mass is 15.3. The topological polar surface area (TPSA) is 55.6 Å². The van der Waals surface area contributed by atoms with E-state index in [1.807, 2.05) is 48.0 Å². The lowest BCUT2D eigenvalue weighted by Gasteiger charge is -2.10. The van der Waals surface area contributed by atoms with Crippen LogP contribution in [0, 0.1) is 13.8 Å². The first-order valence-electron chi connectivity index (χ1n) is 8.26. The van der Waals surface area contributed by atoms with Gasteiger partial charge in [-0.1, -0.05) is 24.3 Å². The summed E-state index contributed by atoms with van der Waals surface area (Å²) < 4.78 is 2.02. The van der Waals surface area contributed by atoms with Crippen LogP contribution in [0.5, 0.6) is 0 Å². The Morgan fingerprint density at radius 2 is 1.84 bits per heavy atom. The molecule has 5 heteroatoms. The van der Waals surface area contributed by atoms with Crippen LogP contribution in [-0.2, 0) is 6.54 Å². The molecule has 5 nitrogen and oxygen atoms in total. The molecule has 124 valence electrons. The molecule has 0 atom stereocenters. The fraction of sp³-hybridized carbons (Fsp3) is 0.150. The van der Waals surface area contributed by atoms with Crippen molar-refractivity contribution in [3.8, 4) is 0 Å². The van der Waals surface area contributed by atoms with Gasteiger partial charge < -0.3 is 5.32 Å². The number of benzene rings is 2. The van der Waals surface area contributed by atoms with Crippen LogP contribution in [0.3, 0.4) is 0 Å². The third-order valence-corrected chi connectivity index (χ3v) is 4.17. The van der Waals surface area contributed by atoms with Crippen LogP contribution in [0.4, 0.5) is 11.5 Å². The van der Waals surface area contributed by atoms with Gasteiger partial charge in [-0.05, 0) is 49.7 Å². The molecule has 4 aromatic rings. The Kier molecular flexibility index (Phi) is 3.90. The van der Waals surface area contributed by atoms with Crippen LogP contribution in [0.15, 0.2) is 60.9 Å². The Morgan fingerprint density at radius 3 is 2.68 bits per heavy atom. The molecule has 0 fully saturated rings. The van der Waals surface area contributed by atoms with E-state index in [1.54, 1.807) is 6.33 Å². The van der Waals surface area contributed by atoms with Crippen molar-refractivity contribution in [1.29, 1.82) is 0 Å². The first-order valence-corrected chi connectivity index (χ1v) is 8.26. The largest absolute Gasteiger partial charge is 0.340 e. The molecule has 0 aliphatic rings. The molecule has 0 amide bonds. The fourth-order valence-corrected chi connectivity index (χ4v) is 3.00. The van der Waals surface area contributed by atoms with E-state index >= 15 is 0 Å². The standard InChI is InChI=1S/C20H19N5/c1-14-10-15(2)25(24-14)12-16-6-5-7-17(11-16)23-20-18-8-3-4-9-19(18)21-13-22-20/h3-11,13H,12H2,1-2H3,(H,21,22,23). The number of aromatic nitrogens is 4. The highest BCUT2D eigenvalue weighted by Gasteiger charge is 2.06. The first-order chi connectivity index (χ1) is 12.2. The molecular formula is C20H19N5.